The Kier molecular flexibility index (Phi) is 11.1. The van der Waals surface area contributed by atoms with Gasteiger partial charge < -0.3 is 25.3 Å². The van der Waals surface area contributed by atoms with E-state index < -0.39 is 6.04 Å². The number of ether oxygens (including phenoxy) is 1. The summed E-state index contributed by atoms with van der Waals surface area (Å²) in [5.41, 5.74) is 3.42. The molecule has 7 nitrogen and oxygen atoms in total. The molecule has 3 N–H and O–H groups in total. The summed E-state index contributed by atoms with van der Waals surface area (Å²) in [6, 6.07) is 11.7. The number of allylic oxidation sites excluding steroid dienone is 1. The van der Waals surface area contributed by atoms with Crippen molar-refractivity contribution in [3.63, 3.8) is 0 Å². The van der Waals surface area contributed by atoms with E-state index >= 15 is 0 Å². The summed E-state index contributed by atoms with van der Waals surface area (Å²) in [6.45, 7) is 10.6. The van der Waals surface area contributed by atoms with Crippen molar-refractivity contribution in [2.75, 3.05) is 19.7 Å². The lowest BCUT2D eigenvalue weighted by atomic mass is 10.00. The van der Waals surface area contributed by atoms with E-state index in [1.54, 1.807) is 0 Å². The van der Waals surface area contributed by atoms with Crippen LogP contribution in [0.1, 0.15) is 58.9 Å². The third-order valence-corrected chi connectivity index (χ3v) is 6.82. The van der Waals surface area contributed by atoms with E-state index in [0.29, 0.717) is 38.6 Å². The van der Waals surface area contributed by atoms with Gasteiger partial charge in [0.25, 0.3) is 0 Å². The molecular weight excluding hydrogens is 464 g/mol. The van der Waals surface area contributed by atoms with E-state index in [0.717, 1.165) is 37.1 Å². The maximum atomic E-state index is 13.4. The van der Waals surface area contributed by atoms with Crippen LogP contribution in [0.2, 0.25) is 0 Å². The minimum Gasteiger partial charge on any atom is -0.493 e. The summed E-state index contributed by atoms with van der Waals surface area (Å²) in [7, 11) is 0. The van der Waals surface area contributed by atoms with Gasteiger partial charge in [-0.3, -0.25) is 9.59 Å². The third kappa shape index (κ3) is 9.63. The van der Waals surface area contributed by atoms with E-state index in [2.05, 4.69) is 42.8 Å². The van der Waals surface area contributed by atoms with Crippen molar-refractivity contribution >= 4 is 11.8 Å². The summed E-state index contributed by atoms with van der Waals surface area (Å²) in [5, 5.41) is 9.58. The average molecular weight is 509 g/mol. The van der Waals surface area contributed by atoms with Gasteiger partial charge in [-0.1, -0.05) is 52.3 Å². The Morgan fingerprint density at radius 1 is 1.00 bits per heavy atom. The molecule has 2 aromatic rings. The number of aromatic nitrogens is 1. The fraction of sp³-hybridized carbons (Fsp3) is 0.533. The monoisotopic (exact) mass is 508 g/mol. The van der Waals surface area contributed by atoms with E-state index in [9.17, 15) is 9.59 Å². The maximum Gasteiger partial charge on any atom is 0.244 e. The molecule has 1 aromatic heterocycles. The van der Waals surface area contributed by atoms with Crippen molar-refractivity contribution < 1.29 is 14.3 Å². The van der Waals surface area contributed by atoms with Gasteiger partial charge in [0.15, 0.2) is 0 Å². The first-order valence-electron chi connectivity index (χ1n) is 13.7. The molecule has 0 radical (unpaired) electrons. The fourth-order valence-corrected chi connectivity index (χ4v) is 4.07. The highest BCUT2D eigenvalue weighted by atomic mass is 16.5. The second-order valence-corrected chi connectivity index (χ2v) is 10.3. The van der Waals surface area contributed by atoms with Gasteiger partial charge in [-0.2, -0.15) is 0 Å². The van der Waals surface area contributed by atoms with Gasteiger partial charge in [0.2, 0.25) is 11.8 Å². The quantitative estimate of drug-likeness (QED) is 0.313. The molecule has 3 rings (SSSR count). The number of benzene rings is 1. The molecule has 1 aliphatic carbocycles. The standard InChI is InChI=1S/C30H44N4O3/c1-5-22(3)21-37-28-12-8-7-11-25(28)17-23(4)18-32-30(36)27(20-34-15-9-10-16-34)33-26(24-13-14-24)19-31-29(35)6-2/h7-12,15-16,22-23,27,33H,5-6,13-14,17-21H2,1-4H3,(H,31,35)(H,32,36)/t22-,23?,27?/m1/s1. The van der Waals surface area contributed by atoms with Gasteiger partial charge in [0.05, 0.1) is 19.7 Å². The number of para-hydroxylation sites is 1. The van der Waals surface area contributed by atoms with Gasteiger partial charge >= 0.3 is 0 Å². The van der Waals surface area contributed by atoms with Crippen LogP contribution in [0.5, 0.6) is 5.75 Å². The first kappa shape index (κ1) is 28.4. The number of carbonyl (C=O) groups is 2. The Balaban J connectivity index is 1.59. The number of carbonyl (C=O) groups excluding carboxylic acids is 2. The second kappa shape index (κ2) is 14.5. The predicted octanol–water partition coefficient (Wildman–Crippen LogP) is 4.44. The van der Waals surface area contributed by atoms with Crippen LogP contribution in [0.25, 0.3) is 0 Å². The van der Waals surface area contributed by atoms with Crippen LogP contribution in [-0.4, -0.2) is 42.1 Å². The van der Waals surface area contributed by atoms with E-state index in [4.69, 9.17) is 4.74 Å². The highest BCUT2D eigenvalue weighted by Gasteiger charge is 2.25. The Morgan fingerprint density at radius 2 is 1.73 bits per heavy atom. The molecule has 2 amide bonds. The van der Waals surface area contributed by atoms with Gasteiger partial charge in [0.1, 0.15) is 11.8 Å². The van der Waals surface area contributed by atoms with E-state index in [1.807, 2.05) is 54.2 Å². The second-order valence-electron chi connectivity index (χ2n) is 10.3. The summed E-state index contributed by atoms with van der Waals surface area (Å²) < 4.78 is 8.10. The Morgan fingerprint density at radius 3 is 2.41 bits per heavy atom. The Bertz CT molecular complexity index is 1030. The van der Waals surface area contributed by atoms with Crippen molar-refractivity contribution in [2.45, 2.75) is 72.4 Å². The molecule has 0 spiro atoms. The van der Waals surface area contributed by atoms with Crippen LogP contribution < -0.4 is 20.7 Å². The molecule has 0 saturated heterocycles. The van der Waals surface area contributed by atoms with Crippen LogP contribution in [0.4, 0.5) is 0 Å². The van der Waals surface area contributed by atoms with E-state index in [-0.39, 0.29) is 17.7 Å². The zero-order valence-electron chi connectivity index (χ0n) is 22.9. The molecule has 0 aliphatic heterocycles. The predicted molar refractivity (Wildman–Crippen MR) is 148 cm³/mol. The van der Waals surface area contributed by atoms with Crippen LogP contribution in [0.3, 0.4) is 0 Å². The molecule has 3 atom stereocenters. The van der Waals surface area contributed by atoms with Crippen molar-refractivity contribution in [2.24, 2.45) is 11.8 Å². The number of nitrogens with zero attached hydrogens (tertiary/aromatic N) is 1. The zero-order valence-corrected chi connectivity index (χ0v) is 22.9. The number of hydrogen-bond acceptors (Lipinski definition) is 4. The lowest BCUT2D eigenvalue weighted by Crippen LogP contribution is -2.48. The summed E-state index contributed by atoms with van der Waals surface area (Å²) in [4.78, 5) is 25.2. The van der Waals surface area contributed by atoms with Crippen molar-refractivity contribution in [1.29, 1.82) is 0 Å². The zero-order chi connectivity index (χ0) is 26.6. The highest BCUT2D eigenvalue weighted by molar-refractivity contribution is 5.82. The summed E-state index contributed by atoms with van der Waals surface area (Å²) in [6.07, 6.45) is 8.31. The summed E-state index contributed by atoms with van der Waals surface area (Å²) in [5.74, 6) is 1.66. The molecule has 202 valence electrons. The molecular formula is C30H44N4O3. The van der Waals surface area contributed by atoms with Crippen molar-refractivity contribution in [3.05, 3.63) is 65.6 Å². The highest BCUT2D eigenvalue weighted by Crippen LogP contribution is 2.30. The lowest BCUT2D eigenvalue weighted by molar-refractivity contribution is -0.123. The number of rotatable bonds is 16. The first-order valence-corrected chi connectivity index (χ1v) is 13.7. The normalized spacial score (nSPS) is 14.9. The number of hydrogen-bond donors (Lipinski definition) is 3. The Labute approximate surface area is 222 Å². The van der Waals surface area contributed by atoms with Crippen molar-refractivity contribution in [1.82, 2.24) is 20.5 Å². The molecule has 1 fully saturated rings. The number of amides is 2. The van der Waals surface area contributed by atoms with Crippen LogP contribution in [0, 0.1) is 11.8 Å². The van der Waals surface area contributed by atoms with Crippen molar-refractivity contribution in [3.8, 4) is 5.75 Å². The SMILES string of the molecule is CCC(=O)NCC(NC(Cn1cccc1)C(=O)NCC(C)Cc1ccccc1OC[C@H](C)CC)=C1CC1. The molecule has 37 heavy (non-hydrogen) atoms. The minimum absolute atomic E-state index is 0.00852. The van der Waals surface area contributed by atoms with Gasteiger partial charge in [0, 0.05) is 31.1 Å². The molecule has 7 heteroatoms. The maximum absolute atomic E-state index is 13.4. The van der Waals surface area contributed by atoms with Gasteiger partial charge in [-0.25, -0.2) is 0 Å². The third-order valence-electron chi connectivity index (χ3n) is 6.82. The average Bonchev–Trinajstić information content (AvgIpc) is 3.63. The molecule has 1 heterocycles. The molecule has 1 saturated carbocycles. The topological polar surface area (TPSA) is 84.4 Å². The van der Waals surface area contributed by atoms with E-state index in [1.165, 1.54) is 11.1 Å². The van der Waals surface area contributed by atoms with Gasteiger partial charge in [-0.05, 0) is 60.4 Å². The lowest BCUT2D eigenvalue weighted by Gasteiger charge is -2.24. The largest absolute Gasteiger partial charge is 0.493 e. The summed E-state index contributed by atoms with van der Waals surface area (Å²) >= 11 is 0. The number of nitrogens with one attached hydrogen (secondary N) is 3. The molecule has 1 aromatic carbocycles. The fourth-order valence-electron chi connectivity index (χ4n) is 4.07. The van der Waals surface area contributed by atoms with Crippen LogP contribution >= 0.6 is 0 Å². The molecule has 1 aliphatic rings. The minimum atomic E-state index is -0.438. The van der Waals surface area contributed by atoms with Crippen LogP contribution in [-0.2, 0) is 22.6 Å². The van der Waals surface area contributed by atoms with Crippen LogP contribution in [0.15, 0.2) is 60.1 Å². The smallest absolute Gasteiger partial charge is 0.244 e. The molecule has 0 bridgehead atoms. The van der Waals surface area contributed by atoms with Gasteiger partial charge in [-0.15, -0.1) is 0 Å². The molecule has 2 unspecified atom stereocenters. The first-order chi connectivity index (χ1) is 17.9. The Hall–Kier alpha value is -3.22.